The smallest absolute Gasteiger partial charge is 0.0466 e. The van der Waals surface area contributed by atoms with Gasteiger partial charge in [0.05, 0.1) is 0 Å². The molecular weight excluding hydrogens is 198 g/mol. The summed E-state index contributed by atoms with van der Waals surface area (Å²) in [6.07, 6.45) is 2.32. The van der Waals surface area contributed by atoms with E-state index in [9.17, 15) is 0 Å². The Kier molecular flexibility index (Phi) is 6.86. The number of rotatable bonds is 8. The lowest BCUT2D eigenvalue weighted by Crippen LogP contribution is -2.20. The predicted molar refractivity (Wildman–Crippen MR) is 68.6 cm³/mol. The van der Waals surface area contributed by atoms with Crippen LogP contribution in [0.5, 0.6) is 0 Å². The first kappa shape index (κ1) is 13.2. The monoisotopic (exact) mass is 221 g/mol. The van der Waals surface area contributed by atoms with Crippen molar-refractivity contribution in [2.24, 2.45) is 0 Å². The average molecular weight is 221 g/mol. The van der Waals surface area contributed by atoms with Crippen LogP contribution in [0.25, 0.3) is 0 Å². The molecule has 0 aliphatic carbocycles. The predicted octanol–water partition coefficient (Wildman–Crippen LogP) is 3.15. The van der Waals surface area contributed by atoms with Crippen molar-refractivity contribution in [3.05, 3.63) is 35.9 Å². The molecule has 0 bridgehead atoms. The minimum atomic E-state index is 0.438. The van der Waals surface area contributed by atoms with E-state index in [0.717, 1.165) is 26.2 Å². The van der Waals surface area contributed by atoms with Crippen LogP contribution in [0.3, 0.4) is 0 Å². The molecule has 1 aromatic carbocycles. The zero-order valence-corrected chi connectivity index (χ0v) is 10.4. The second-order valence-corrected chi connectivity index (χ2v) is 3.99. The summed E-state index contributed by atoms with van der Waals surface area (Å²) in [7, 11) is 0. The molecule has 1 aromatic rings. The summed E-state index contributed by atoms with van der Waals surface area (Å²) in [5, 5.41) is 3.52. The lowest BCUT2D eigenvalue weighted by atomic mass is 10.1. The van der Waals surface area contributed by atoms with Crippen LogP contribution in [0.15, 0.2) is 30.3 Å². The van der Waals surface area contributed by atoms with Crippen LogP contribution in [0.2, 0.25) is 0 Å². The maximum absolute atomic E-state index is 5.30. The molecule has 0 saturated heterocycles. The Morgan fingerprint density at radius 2 is 1.94 bits per heavy atom. The van der Waals surface area contributed by atoms with Gasteiger partial charge >= 0.3 is 0 Å². The summed E-state index contributed by atoms with van der Waals surface area (Å²) in [5.41, 5.74) is 1.35. The van der Waals surface area contributed by atoms with E-state index in [1.807, 2.05) is 6.92 Å². The lowest BCUT2D eigenvalue weighted by molar-refractivity contribution is 0.143. The minimum absolute atomic E-state index is 0.438. The van der Waals surface area contributed by atoms with Gasteiger partial charge in [0.1, 0.15) is 0 Å². The van der Waals surface area contributed by atoms with Crippen LogP contribution in [-0.2, 0) is 4.74 Å². The molecule has 2 nitrogen and oxygen atoms in total. The quantitative estimate of drug-likeness (QED) is 0.681. The number of ether oxygens (including phenoxy) is 1. The molecule has 0 amide bonds. The third-order valence-corrected chi connectivity index (χ3v) is 2.67. The van der Waals surface area contributed by atoms with Gasteiger partial charge in [-0.25, -0.2) is 0 Å². The van der Waals surface area contributed by atoms with E-state index in [2.05, 4.69) is 42.6 Å². The van der Waals surface area contributed by atoms with Gasteiger partial charge in [0.25, 0.3) is 0 Å². The molecule has 1 N–H and O–H groups in total. The Morgan fingerprint density at radius 3 is 2.62 bits per heavy atom. The first-order valence-electron chi connectivity index (χ1n) is 6.20. The molecule has 0 aliphatic rings. The molecule has 90 valence electrons. The van der Waals surface area contributed by atoms with E-state index in [1.165, 1.54) is 12.0 Å². The average Bonchev–Trinajstić information content (AvgIpc) is 2.34. The lowest BCUT2D eigenvalue weighted by Gasteiger charge is -2.13. The summed E-state index contributed by atoms with van der Waals surface area (Å²) in [5.74, 6) is 0. The summed E-state index contributed by atoms with van der Waals surface area (Å²) >= 11 is 0. The molecule has 0 aliphatic heterocycles. The number of hydrogen-bond donors (Lipinski definition) is 1. The first-order valence-corrected chi connectivity index (χ1v) is 6.20. The van der Waals surface area contributed by atoms with Crippen molar-refractivity contribution >= 4 is 0 Å². The number of nitrogens with one attached hydrogen (secondary N) is 1. The van der Waals surface area contributed by atoms with Gasteiger partial charge in [0.2, 0.25) is 0 Å². The van der Waals surface area contributed by atoms with Gasteiger partial charge in [0, 0.05) is 19.3 Å². The van der Waals surface area contributed by atoms with Crippen LogP contribution in [-0.4, -0.2) is 19.8 Å². The highest BCUT2D eigenvalue weighted by molar-refractivity contribution is 5.17. The van der Waals surface area contributed by atoms with Crippen molar-refractivity contribution in [3.63, 3.8) is 0 Å². The van der Waals surface area contributed by atoms with Gasteiger partial charge in [-0.3, -0.25) is 0 Å². The largest absolute Gasteiger partial charge is 0.382 e. The Bertz CT molecular complexity index is 261. The standard InChI is InChI=1S/C14H23NO/c1-3-16-12-8-7-11-15-13(2)14-9-5-4-6-10-14/h4-6,9-10,13,15H,3,7-8,11-12H2,1-2H3. The molecule has 1 unspecified atom stereocenters. The molecule has 1 atom stereocenters. The molecular formula is C14H23NO. The summed E-state index contributed by atoms with van der Waals surface area (Å²) in [6, 6.07) is 11.0. The maximum atomic E-state index is 5.30. The molecule has 1 rings (SSSR count). The Balaban J connectivity index is 2.09. The van der Waals surface area contributed by atoms with E-state index in [-0.39, 0.29) is 0 Å². The summed E-state index contributed by atoms with van der Waals surface area (Å²) < 4.78 is 5.30. The Morgan fingerprint density at radius 1 is 1.19 bits per heavy atom. The van der Waals surface area contributed by atoms with Crippen LogP contribution in [0.4, 0.5) is 0 Å². The van der Waals surface area contributed by atoms with E-state index < -0.39 is 0 Å². The van der Waals surface area contributed by atoms with Crippen LogP contribution in [0, 0.1) is 0 Å². The molecule has 0 fully saturated rings. The van der Waals surface area contributed by atoms with Gasteiger partial charge in [-0.1, -0.05) is 30.3 Å². The number of hydrogen-bond acceptors (Lipinski definition) is 2. The SMILES string of the molecule is CCOCCCCNC(C)c1ccccc1. The zero-order valence-electron chi connectivity index (χ0n) is 10.4. The second-order valence-electron chi connectivity index (χ2n) is 3.99. The van der Waals surface area contributed by atoms with Crippen LogP contribution >= 0.6 is 0 Å². The van der Waals surface area contributed by atoms with Gasteiger partial charge in [-0.05, 0) is 38.8 Å². The van der Waals surface area contributed by atoms with Crippen molar-refractivity contribution in [1.82, 2.24) is 5.32 Å². The van der Waals surface area contributed by atoms with Crippen LogP contribution < -0.4 is 5.32 Å². The minimum Gasteiger partial charge on any atom is -0.382 e. The highest BCUT2D eigenvalue weighted by Gasteiger charge is 2.02. The van der Waals surface area contributed by atoms with E-state index >= 15 is 0 Å². The topological polar surface area (TPSA) is 21.3 Å². The molecule has 0 saturated carbocycles. The Hall–Kier alpha value is -0.860. The van der Waals surface area contributed by atoms with Crippen molar-refractivity contribution in [3.8, 4) is 0 Å². The molecule has 0 radical (unpaired) electrons. The zero-order chi connectivity index (χ0) is 11.6. The molecule has 0 spiro atoms. The first-order chi connectivity index (χ1) is 7.84. The van der Waals surface area contributed by atoms with Gasteiger partial charge < -0.3 is 10.1 Å². The number of benzene rings is 1. The third-order valence-electron chi connectivity index (χ3n) is 2.67. The fraction of sp³-hybridized carbons (Fsp3) is 0.571. The van der Waals surface area contributed by atoms with E-state index in [0.29, 0.717) is 6.04 Å². The normalized spacial score (nSPS) is 12.6. The van der Waals surface area contributed by atoms with E-state index in [4.69, 9.17) is 4.74 Å². The van der Waals surface area contributed by atoms with Crippen molar-refractivity contribution in [2.45, 2.75) is 32.7 Å². The number of unbranched alkanes of at least 4 members (excludes halogenated alkanes) is 1. The summed E-state index contributed by atoms with van der Waals surface area (Å²) in [4.78, 5) is 0. The van der Waals surface area contributed by atoms with Crippen molar-refractivity contribution in [1.29, 1.82) is 0 Å². The molecule has 16 heavy (non-hydrogen) atoms. The van der Waals surface area contributed by atoms with Gasteiger partial charge in [0.15, 0.2) is 0 Å². The molecule has 0 aromatic heterocycles. The van der Waals surface area contributed by atoms with Crippen LogP contribution in [0.1, 0.15) is 38.3 Å². The van der Waals surface area contributed by atoms with Gasteiger partial charge in [-0.2, -0.15) is 0 Å². The van der Waals surface area contributed by atoms with Crippen molar-refractivity contribution in [2.75, 3.05) is 19.8 Å². The molecule has 2 heteroatoms. The second kappa shape index (κ2) is 8.31. The summed E-state index contributed by atoms with van der Waals surface area (Å²) in [6.45, 7) is 7.02. The van der Waals surface area contributed by atoms with Gasteiger partial charge in [-0.15, -0.1) is 0 Å². The molecule has 0 heterocycles. The fourth-order valence-electron chi connectivity index (χ4n) is 1.65. The van der Waals surface area contributed by atoms with Crippen molar-refractivity contribution < 1.29 is 4.74 Å². The Labute approximate surface area is 99.0 Å². The third kappa shape index (κ3) is 5.29. The van der Waals surface area contributed by atoms with E-state index in [1.54, 1.807) is 0 Å². The highest BCUT2D eigenvalue weighted by Crippen LogP contribution is 2.10. The fourth-order valence-corrected chi connectivity index (χ4v) is 1.65. The highest BCUT2D eigenvalue weighted by atomic mass is 16.5. The maximum Gasteiger partial charge on any atom is 0.0466 e.